The molecule has 2 rings (SSSR count). The van der Waals surface area contributed by atoms with Gasteiger partial charge in [-0.15, -0.1) is 0 Å². The van der Waals surface area contributed by atoms with E-state index >= 15 is 0 Å². The van der Waals surface area contributed by atoms with Crippen molar-refractivity contribution in [1.29, 1.82) is 0 Å². The average Bonchev–Trinajstić information content (AvgIpc) is 2.16. The Morgan fingerprint density at radius 2 is 2.07 bits per heavy atom. The summed E-state index contributed by atoms with van der Waals surface area (Å²) >= 11 is 0. The van der Waals surface area contributed by atoms with Crippen molar-refractivity contribution >= 4 is 5.78 Å². The highest BCUT2D eigenvalue weighted by molar-refractivity contribution is 5.92. The molecule has 84 valence electrons. The number of allylic oxidation sites excluding steroid dienone is 1. The molecular weight excluding hydrogens is 192 g/mol. The lowest BCUT2D eigenvalue weighted by atomic mass is 9.60. The van der Waals surface area contributed by atoms with Gasteiger partial charge in [-0.2, -0.15) is 0 Å². The van der Waals surface area contributed by atoms with E-state index in [2.05, 4.69) is 6.92 Å². The third-order valence-electron chi connectivity index (χ3n) is 4.04. The lowest BCUT2D eigenvalue weighted by Gasteiger charge is -2.49. The molecule has 2 N–H and O–H groups in total. The molecular formula is C12H18O3. The molecule has 3 nitrogen and oxygen atoms in total. The summed E-state index contributed by atoms with van der Waals surface area (Å²) in [5.74, 6) is 0.0665. The van der Waals surface area contributed by atoms with Crippen LogP contribution in [-0.2, 0) is 4.79 Å². The van der Waals surface area contributed by atoms with E-state index in [1.165, 1.54) is 0 Å². The first kappa shape index (κ1) is 10.8. The Labute approximate surface area is 89.8 Å². The van der Waals surface area contributed by atoms with Crippen molar-refractivity contribution < 1.29 is 15.0 Å². The minimum absolute atomic E-state index is 0.0665. The number of hydrogen-bond acceptors (Lipinski definition) is 3. The average molecular weight is 210 g/mol. The third kappa shape index (κ3) is 1.54. The summed E-state index contributed by atoms with van der Waals surface area (Å²) in [5.41, 5.74) is -0.607. The highest BCUT2D eigenvalue weighted by Crippen LogP contribution is 2.50. The predicted molar refractivity (Wildman–Crippen MR) is 56.3 cm³/mol. The quantitative estimate of drug-likeness (QED) is 0.631. The Kier molecular flexibility index (Phi) is 2.28. The lowest BCUT2D eigenvalue weighted by Crippen LogP contribution is -2.52. The monoisotopic (exact) mass is 210 g/mol. The van der Waals surface area contributed by atoms with Gasteiger partial charge in [-0.25, -0.2) is 0 Å². The number of fused-ring (bicyclic) bond motifs is 1. The maximum absolute atomic E-state index is 11.4. The zero-order chi connectivity index (χ0) is 11.3. The largest absolute Gasteiger partial charge is 0.390 e. The molecule has 0 bridgehead atoms. The van der Waals surface area contributed by atoms with Crippen LogP contribution in [0.2, 0.25) is 0 Å². The molecule has 2 aliphatic rings. The number of hydrogen-bond donors (Lipinski definition) is 2. The molecule has 0 heterocycles. The standard InChI is InChI=1S/C12H18O3/c1-11-5-3-8(13)7-9(11)12(2,15)10(14)4-6-11/h7,10,14-15H,3-6H2,1-2H3/t10-,11+,12-/m1/s1. The van der Waals surface area contributed by atoms with Crippen LogP contribution in [-0.4, -0.2) is 27.7 Å². The number of carbonyl (C=O) groups excluding carboxylic acids is 1. The Morgan fingerprint density at radius 3 is 2.73 bits per heavy atom. The van der Waals surface area contributed by atoms with E-state index in [1.807, 2.05) is 0 Å². The molecule has 1 fully saturated rings. The van der Waals surface area contributed by atoms with Gasteiger partial charge in [0, 0.05) is 6.42 Å². The van der Waals surface area contributed by atoms with Gasteiger partial charge in [0.2, 0.25) is 0 Å². The van der Waals surface area contributed by atoms with Crippen molar-refractivity contribution in [3.05, 3.63) is 11.6 Å². The van der Waals surface area contributed by atoms with E-state index < -0.39 is 11.7 Å². The highest BCUT2D eigenvalue weighted by Gasteiger charge is 2.49. The molecule has 0 amide bonds. The minimum atomic E-state index is -1.23. The molecule has 3 heteroatoms. The SMILES string of the molecule is C[C@@]12CCC(=O)C=C1[C@@](C)(O)[C@H](O)CC2. The van der Waals surface area contributed by atoms with E-state index in [4.69, 9.17) is 0 Å². The topological polar surface area (TPSA) is 57.5 Å². The second-order valence-electron chi connectivity index (χ2n) is 5.29. The zero-order valence-electron chi connectivity index (χ0n) is 9.29. The van der Waals surface area contributed by atoms with Crippen molar-refractivity contribution in [3.63, 3.8) is 0 Å². The molecule has 0 aromatic carbocycles. The summed E-state index contributed by atoms with van der Waals surface area (Å²) in [4.78, 5) is 11.4. The van der Waals surface area contributed by atoms with Crippen LogP contribution in [0, 0.1) is 5.41 Å². The van der Waals surface area contributed by atoms with Crippen molar-refractivity contribution in [2.24, 2.45) is 5.41 Å². The smallest absolute Gasteiger partial charge is 0.155 e. The van der Waals surface area contributed by atoms with E-state index in [0.717, 1.165) is 18.4 Å². The van der Waals surface area contributed by atoms with E-state index in [-0.39, 0.29) is 11.2 Å². The van der Waals surface area contributed by atoms with Crippen LogP contribution in [0.15, 0.2) is 11.6 Å². The Hall–Kier alpha value is -0.670. The van der Waals surface area contributed by atoms with Crippen molar-refractivity contribution in [3.8, 4) is 0 Å². The number of ketones is 1. The van der Waals surface area contributed by atoms with Crippen LogP contribution in [0.25, 0.3) is 0 Å². The molecule has 0 aliphatic heterocycles. The molecule has 0 aromatic rings. The third-order valence-corrected chi connectivity index (χ3v) is 4.04. The summed E-state index contributed by atoms with van der Waals surface area (Å²) < 4.78 is 0. The Balaban J connectivity index is 2.46. The van der Waals surface area contributed by atoms with Crippen LogP contribution in [0.3, 0.4) is 0 Å². The van der Waals surface area contributed by atoms with Crippen LogP contribution in [0.1, 0.15) is 39.5 Å². The number of rotatable bonds is 0. The number of aliphatic hydroxyl groups excluding tert-OH is 1. The Morgan fingerprint density at radius 1 is 1.40 bits per heavy atom. The van der Waals surface area contributed by atoms with Crippen LogP contribution >= 0.6 is 0 Å². The fourth-order valence-electron chi connectivity index (χ4n) is 2.87. The van der Waals surface area contributed by atoms with E-state index in [0.29, 0.717) is 12.8 Å². The molecule has 0 radical (unpaired) electrons. The molecule has 0 spiro atoms. The zero-order valence-corrected chi connectivity index (χ0v) is 9.29. The van der Waals surface area contributed by atoms with Crippen molar-refractivity contribution in [1.82, 2.24) is 0 Å². The summed E-state index contributed by atoms with van der Waals surface area (Å²) in [7, 11) is 0. The first-order valence-electron chi connectivity index (χ1n) is 5.52. The molecule has 0 saturated heterocycles. The van der Waals surface area contributed by atoms with Gasteiger partial charge in [0.15, 0.2) is 5.78 Å². The van der Waals surface area contributed by atoms with Gasteiger partial charge in [0.1, 0.15) is 5.60 Å². The highest BCUT2D eigenvalue weighted by atomic mass is 16.3. The fourth-order valence-corrected chi connectivity index (χ4v) is 2.87. The molecule has 0 aromatic heterocycles. The number of carbonyl (C=O) groups is 1. The van der Waals surface area contributed by atoms with Gasteiger partial charge in [0.05, 0.1) is 6.10 Å². The molecule has 1 saturated carbocycles. The predicted octanol–water partition coefficient (Wildman–Crippen LogP) is 1.19. The van der Waals surface area contributed by atoms with Gasteiger partial charge >= 0.3 is 0 Å². The molecule has 3 atom stereocenters. The minimum Gasteiger partial charge on any atom is -0.390 e. The van der Waals surface area contributed by atoms with Crippen molar-refractivity contribution in [2.45, 2.75) is 51.2 Å². The summed E-state index contributed by atoms with van der Waals surface area (Å²) in [6.07, 6.45) is 3.61. The molecule has 15 heavy (non-hydrogen) atoms. The first-order valence-corrected chi connectivity index (χ1v) is 5.52. The summed E-state index contributed by atoms with van der Waals surface area (Å²) in [6, 6.07) is 0. The number of aliphatic hydroxyl groups is 2. The molecule has 2 aliphatic carbocycles. The van der Waals surface area contributed by atoms with Crippen molar-refractivity contribution in [2.75, 3.05) is 0 Å². The maximum Gasteiger partial charge on any atom is 0.155 e. The van der Waals surface area contributed by atoms with Crippen LogP contribution in [0.4, 0.5) is 0 Å². The van der Waals surface area contributed by atoms with Gasteiger partial charge in [0.25, 0.3) is 0 Å². The summed E-state index contributed by atoms with van der Waals surface area (Å²) in [6.45, 7) is 3.69. The van der Waals surface area contributed by atoms with Gasteiger partial charge < -0.3 is 10.2 Å². The normalized spacial score (nSPS) is 46.0. The fraction of sp³-hybridized carbons (Fsp3) is 0.750. The van der Waals surface area contributed by atoms with Crippen LogP contribution < -0.4 is 0 Å². The second kappa shape index (κ2) is 3.16. The van der Waals surface area contributed by atoms with Gasteiger partial charge in [-0.1, -0.05) is 6.92 Å². The van der Waals surface area contributed by atoms with E-state index in [9.17, 15) is 15.0 Å². The van der Waals surface area contributed by atoms with Crippen LogP contribution in [0.5, 0.6) is 0 Å². The van der Waals surface area contributed by atoms with Gasteiger partial charge in [-0.3, -0.25) is 4.79 Å². The summed E-state index contributed by atoms with van der Waals surface area (Å²) in [5, 5.41) is 20.0. The lowest BCUT2D eigenvalue weighted by molar-refractivity contribution is -0.118. The molecule has 0 unspecified atom stereocenters. The Bertz CT molecular complexity index is 330. The second-order valence-corrected chi connectivity index (χ2v) is 5.29. The maximum atomic E-state index is 11.4. The van der Waals surface area contributed by atoms with E-state index in [1.54, 1.807) is 13.0 Å². The first-order chi connectivity index (χ1) is 6.86. The van der Waals surface area contributed by atoms with Gasteiger partial charge in [-0.05, 0) is 43.3 Å².